The summed E-state index contributed by atoms with van der Waals surface area (Å²) >= 11 is 0. The van der Waals surface area contributed by atoms with Crippen LogP contribution in [-0.4, -0.2) is 14.8 Å². The Morgan fingerprint density at radius 1 is 1.41 bits per heavy atom. The van der Waals surface area contributed by atoms with Gasteiger partial charge in [0.1, 0.15) is 17.5 Å². The summed E-state index contributed by atoms with van der Waals surface area (Å²) in [5.74, 6) is -0.635. The second-order valence-corrected chi connectivity index (χ2v) is 4.04. The van der Waals surface area contributed by atoms with E-state index in [0.29, 0.717) is 24.2 Å². The lowest BCUT2D eigenvalue weighted by Gasteiger charge is -2.12. The summed E-state index contributed by atoms with van der Waals surface area (Å²) in [5, 5.41) is 6.18. The molecule has 0 saturated heterocycles. The average Bonchev–Trinajstić information content (AvgIpc) is 2.83. The number of nitrogens with zero attached hydrogens (tertiary/aromatic N) is 2. The smallest absolute Gasteiger partial charge is 0.271 e. The zero-order valence-corrected chi connectivity index (χ0v) is 8.78. The van der Waals surface area contributed by atoms with Crippen molar-refractivity contribution in [3.05, 3.63) is 51.7 Å². The van der Waals surface area contributed by atoms with Gasteiger partial charge in [-0.25, -0.2) is 18.7 Å². The highest BCUT2D eigenvalue weighted by atomic mass is 19.1. The first-order valence-electron chi connectivity index (χ1n) is 5.27. The van der Waals surface area contributed by atoms with Gasteiger partial charge in [0, 0.05) is 18.1 Å². The molecule has 0 radical (unpaired) electrons. The fourth-order valence-electron chi connectivity index (χ4n) is 2.30. The highest BCUT2D eigenvalue weighted by molar-refractivity contribution is 5.25. The van der Waals surface area contributed by atoms with Gasteiger partial charge < -0.3 is 0 Å². The highest BCUT2D eigenvalue weighted by Crippen LogP contribution is 2.30. The first-order valence-corrected chi connectivity index (χ1v) is 5.27. The number of hydrogen-bond acceptors (Lipinski definition) is 2. The second kappa shape index (κ2) is 3.51. The van der Waals surface area contributed by atoms with E-state index >= 15 is 0 Å². The maximum atomic E-state index is 13.6. The predicted molar refractivity (Wildman–Crippen MR) is 55.7 cm³/mol. The van der Waals surface area contributed by atoms with E-state index in [4.69, 9.17) is 0 Å². The number of benzene rings is 1. The SMILES string of the molecule is O=c1[nH]nc2n1C(c1ccc(F)cc1F)CC2. The number of aromatic nitrogens is 3. The number of hydrogen-bond donors (Lipinski definition) is 1. The topological polar surface area (TPSA) is 50.7 Å². The maximum absolute atomic E-state index is 13.6. The van der Waals surface area contributed by atoms with E-state index in [2.05, 4.69) is 10.2 Å². The molecule has 1 unspecified atom stereocenters. The Bertz CT molecular complexity index is 632. The van der Waals surface area contributed by atoms with Crippen LogP contribution in [0.15, 0.2) is 23.0 Å². The van der Waals surface area contributed by atoms with Crippen LogP contribution in [0.2, 0.25) is 0 Å². The van der Waals surface area contributed by atoms with Gasteiger partial charge in [-0.2, -0.15) is 5.10 Å². The molecule has 1 aliphatic rings. The van der Waals surface area contributed by atoms with Crippen molar-refractivity contribution in [3.63, 3.8) is 0 Å². The Kier molecular flexibility index (Phi) is 2.10. The summed E-state index contributed by atoms with van der Waals surface area (Å²) < 4.78 is 27.9. The van der Waals surface area contributed by atoms with Gasteiger partial charge in [0.25, 0.3) is 0 Å². The summed E-state index contributed by atoms with van der Waals surface area (Å²) in [7, 11) is 0. The predicted octanol–water partition coefficient (Wildman–Crippen LogP) is 1.39. The summed E-state index contributed by atoms with van der Waals surface area (Å²) in [4.78, 5) is 11.5. The molecule has 1 aromatic carbocycles. The third kappa shape index (κ3) is 1.48. The second-order valence-electron chi connectivity index (χ2n) is 4.04. The molecule has 0 saturated carbocycles. The summed E-state index contributed by atoms with van der Waals surface area (Å²) in [6.07, 6.45) is 1.22. The van der Waals surface area contributed by atoms with Gasteiger partial charge in [-0.3, -0.25) is 4.57 Å². The molecule has 3 rings (SSSR count). The quantitative estimate of drug-likeness (QED) is 0.814. The summed E-state index contributed by atoms with van der Waals surface area (Å²) in [6, 6.07) is 3.01. The fourth-order valence-corrected chi connectivity index (χ4v) is 2.30. The van der Waals surface area contributed by atoms with Crippen molar-refractivity contribution >= 4 is 0 Å². The molecule has 1 aromatic heterocycles. The molecule has 2 heterocycles. The molecule has 1 aliphatic heterocycles. The molecule has 17 heavy (non-hydrogen) atoms. The van der Waals surface area contributed by atoms with E-state index in [0.717, 1.165) is 6.07 Å². The lowest BCUT2D eigenvalue weighted by Crippen LogP contribution is -2.21. The lowest BCUT2D eigenvalue weighted by molar-refractivity contribution is 0.524. The molecule has 88 valence electrons. The van der Waals surface area contributed by atoms with Crippen LogP contribution in [0.1, 0.15) is 23.9 Å². The van der Waals surface area contributed by atoms with E-state index in [1.807, 2.05) is 0 Å². The Morgan fingerprint density at radius 3 is 3.00 bits per heavy atom. The van der Waals surface area contributed by atoms with E-state index < -0.39 is 17.7 Å². The van der Waals surface area contributed by atoms with Crippen LogP contribution in [0, 0.1) is 11.6 Å². The number of H-pyrrole nitrogens is 1. The van der Waals surface area contributed by atoms with Crippen LogP contribution in [0.25, 0.3) is 0 Å². The molecule has 0 amide bonds. The minimum Gasteiger partial charge on any atom is -0.271 e. The molecule has 6 heteroatoms. The standard InChI is InChI=1S/C11H9F2N3O/c12-6-1-2-7(8(13)5-6)9-3-4-10-14-15-11(17)16(9)10/h1-2,5,9H,3-4H2,(H,15,17). The van der Waals surface area contributed by atoms with Crippen molar-refractivity contribution in [2.24, 2.45) is 0 Å². The third-order valence-corrected chi connectivity index (χ3v) is 3.05. The molecule has 0 fully saturated rings. The number of halogens is 2. The van der Waals surface area contributed by atoms with E-state index in [1.165, 1.54) is 16.7 Å². The lowest BCUT2D eigenvalue weighted by atomic mass is 10.0. The minimum atomic E-state index is -0.629. The van der Waals surface area contributed by atoms with E-state index in [9.17, 15) is 13.6 Å². The van der Waals surface area contributed by atoms with Crippen molar-refractivity contribution in [2.75, 3.05) is 0 Å². The zero-order chi connectivity index (χ0) is 12.0. The maximum Gasteiger partial charge on any atom is 0.343 e. The Hall–Kier alpha value is -1.98. The molecule has 0 aliphatic carbocycles. The Balaban J connectivity index is 2.12. The van der Waals surface area contributed by atoms with Crippen molar-refractivity contribution in [1.82, 2.24) is 14.8 Å². The van der Waals surface area contributed by atoms with Crippen LogP contribution >= 0.6 is 0 Å². The van der Waals surface area contributed by atoms with Crippen LogP contribution in [0.4, 0.5) is 8.78 Å². The number of aromatic amines is 1. The van der Waals surface area contributed by atoms with Gasteiger partial charge in [-0.15, -0.1) is 0 Å². The number of aryl methyl sites for hydroxylation is 1. The molecular weight excluding hydrogens is 228 g/mol. The molecule has 1 N–H and O–H groups in total. The number of fused-ring (bicyclic) bond motifs is 1. The highest BCUT2D eigenvalue weighted by Gasteiger charge is 2.28. The van der Waals surface area contributed by atoms with Gasteiger partial charge in [0.2, 0.25) is 0 Å². The molecular formula is C11H9F2N3O. The van der Waals surface area contributed by atoms with Gasteiger partial charge >= 0.3 is 5.69 Å². The monoisotopic (exact) mass is 237 g/mol. The van der Waals surface area contributed by atoms with Crippen molar-refractivity contribution in [3.8, 4) is 0 Å². The average molecular weight is 237 g/mol. The summed E-state index contributed by atoms with van der Waals surface area (Å²) in [5.41, 5.74) is -0.0279. The van der Waals surface area contributed by atoms with Gasteiger partial charge in [-0.05, 0) is 12.5 Å². The molecule has 0 spiro atoms. The third-order valence-electron chi connectivity index (χ3n) is 3.05. The molecule has 2 aromatic rings. The molecule has 4 nitrogen and oxygen atoms in total. The van der Waals surface area contributed by atoms with Gasteiger partial charge in [0.15, 0.2) is 0 Å². The Morgan fingerprint density at radius 2 is 2.24 bits per heavy atom. The zero-order valence-electron chi connectivity index (χ0n) is 8.78. The van der Waals surface area contributed by atoms with E-state index in [-0.39, 0.29) is 5.69 Å². The van der Waals surface area contributed by atoms with Crippen molar-refractivity contribution in [2.45, 2.75) is 18.9 Å². The van der Waals surface area contributed by atoms with Crippen LogP contribution < -0.4 is 5.69 Å². The first kappa shape index (κ1) is 10.2. The summed E-state index contributed by atoms with van der Waals surface area (Å²) in [6.45, 7) is 0. The van der Waals surface area contributed by atoms with E-state index in [1.54, 1.807) is 0 Å². The molecule has 0 bridgehead atoms. The first-order chi connectivity index (χ1) is 8.16. The number of rotatable bonds is 1. The van der Waals surface area contributed by atoms with Crippen LogP contribution in [0.5, 0.6) is 0 Å². The van der Waals surface area contributed by atoms with Crippen molar-refractivity contribution in [1.29, 1.82) is 0 Å². The van der Waals surface area contributed by atoms with Gasteiger partial charge in [-0.1, -0.05) is 6.07 Å². The van der Waals surface area contributed by atoms with Gasteiger partial charge in [0.05, 0.1) is 6.04 Å². The Labute approximate surface area is 94.9 Å². The minimum absolute atomic E-state index is 0.327. The normalized spacial score (nSPS) is 18.4. The molecule has 1 atom stereocenters. The number of nitrogens with one attached hydrogen (secondary N) is 1. The van der Waals surface area contributed by atoms with Crippen LogP contribution in [0.3, 0.4) is 0 Å². The fraction of sp³-hybridized carbons (Fsp3) is 0.273. The van der Waals surface area contributed by atoms with Crippen molar-refractivity contribution < 1.29 is 8.78 Å². The largest absolute Gasteiger partial charge is 0.343 e. The van der Waals surface area contributed by atoms with Crippen LogP contribution in [-0.2, 0) is 6.42 Å².